The van der Waals surface area contributed by atoms with E-state index in [0.29, 0.717) is 24.6 Å². The molecule has 0 aliphatic carbocycles. The smallest absolute Gasteiger partial charge is 0.323 e. The summed E-state index contributed by atoms with van der Waals surface area (Å²) in [6, 6.07) is 12.1. The molecular weight excluding hydrogens is 425 g/mol. The Kier molecular flexibility index (Phi) is 8.00. The molecule has 1 unspecified atom stereocenters. The van der Waals surface area contributed by atoms with Crippen molar-refractivity contribution in [2.24, 2.45) is 5.73 Å². The quantitative estimate of drug-likeness (QED) is 0.622. The predicted octanol–water partition coefficient (Wildman–Crippen LogP) is 2.73. The van der Waals surface area contributed by atoms with Crippen LogP contribution in [0.2, 0.25) is 0 Å². The Bertz CT molecular complexity index is 979. The number of nitrogens with two attached hydrogens (primary N) is 1. The van der Waals surface area contributed by atoms with Gasteiger partial charge in [0.1, 0.15) is 5.82 Å². The van der Waals surface area contributed by atoms with E-state index in [1.54, 1.807) is 0 Å². The molecule has 1 saturated heterocycles. The lowest BCUT2D eigenvalue weighted by Crippen LogP contribution is -2.64. The van der Waals surface area contributed by atoms with Gasteiger partial charge in [0.05, 0.1) is 0 Å². The van der Waals surface area contributed by atoms with Gasteiger partial charge in [0.15, 0.2) is 6.17 Å². The minimum atomic E-state index is -1.15. The normalized spacial score (nSPS) is 16.0. The SMILES string of the molecule is CC(C)c1ccc(NC(=O)N2CCCN(C(=O)c3ccc(F)cc3)C2C(=O)NCCN)cc1. The number of anilines is 1. The lowest BCUT2D eigenvalue weighted by Gasteiger charge is -2.42. The van der Waals surface area contributed by atoms with Gasteiger partial charge in [0, 0.05) is 37.4 Å². The zero-order valence-electron chi connectivity index (χ0n) is 18.9. The highest BCUT2D eigenvalue weighted by Crippen LogP contribution is 2.21. The molecule has 0 radical (unpaired) electrons. The molecule has 0 saturated carbocycles. The van der Waals surface area contributed by atoms with Crippen LogP contribution in [-0.2, 0) is 4.79 Å². The number of carbonyl (C=O) groups is 3. The number of rotatable bonds is 6. The summed E-state index contributed by atoms with van der Waals surface area (Å²) in [6.45, 7) is 5.17. The summed E-state index contributed by atoms with van der Waals surface area (Å²) >= 11 is 0. The molecule has 2 aromatic carbocycles. The van der Waals surface area contributed by atoms with Gasteiger partial charge in [-0.25, -0.2) is 9.18 Å². The van der Waals surface area contributed by atoms with Crippen LogP contribution in [0.25, 0.3) is 0 Å². The molecule has 1 aliphatic rings. The van der Waals surface area contributed by atoms with Crippen molar-refractivity contribution >= 4 is 23.5 Å². The van der Waals surface area contributed by atoms with Gasteiger partial charge in [0.2, 0.25) is 0 Å². The fourth-order valence-corrected chi connectivity index (χ4v) is 3.72. The monoisotopic (exact) mass is 455 g/mol. The Morgan fingerprint density at radius 2 is 1.67 bits per heavy atom. The minimum absolute atomic E-state index is 0.208. The van der Waals surface area contributed by atoms with Crippen LogP contribution in [-0.4, -0.2) is 60.0 Å². The van der Waals surface area contributed by atoms with Gasteiger partial charge in [-0.05, 0) is 54.3 Å². The predicted molar refractivity (Wildman–Crippen MR) is 124 cm³/mol. The third-order valence-corrected chi connectivity index (χ3v) is 5.51. The van der Waals surface area contributed by atoms with Crippen molar-refractivity contribution in [1.29, 1.82) is 0 Å². The number of hydrogen-bond donors (Lipinski definition) is 3. The number of benzene rings is 2. The first kappa shape index (κ1) is 24.2. The van der Waals surface area contributed by atoms with Gasteiger partial charge < -0.3 is 21.3 Å². The topological polar surface area (TPSA) is 108 Å². The van der Waals surface area contributed by atoms with E-state index in [1.165, 1.54) is 34.1 Å². The Morgan fingerprint density at radius 3 is 2.27 bits per heavy atom. The van der Waals surface area contributed by atoms with E-state index >= 15 is 0 Å². The molecule has 3 rings (SSSR count). The number of nitrogens with zero attached hydrogens (tertiary/aromatic N) is 2. The average Bonchev–Trinajstić information content (AvgIpc) is 2.82. The van der Waals surface area contributed by atoms with E-state index in [0.717, 1.165) is 5.56 Å². The molecule has 1 atom stereocenters. The zero-order valence-corrected chi connectivity index (χ0v) is 18.9. The van der Waals surface area contributed by atoms with E-state index in [1.807, 2.05) is 24.3 Å². The van der Waals surface area contributed by atoms with Crippen molar-refractivity contribution in [3.63, 3.8) is 0 Å². The fraction of sp³-hybridized carbons (Fsp3) is 0.375. The number of urea groups is 1. The van der Waals surface area contributed by atoms with Gasteiger partial charge in [-0.15, -0.1) is 0 Å². The Labute approximate surface area is 192 Å². The molecule has 1 heterocycles. The van der Waals surface area contributed by atoms with Crippen LogP contribution < -0.4 is 16.4 Å². The summed E-state index contributed by atoms with van der Waals surface area (Å²) in [5, 5.41) is 5.50. The molecule has 9 heteroatoms. The molecule has 4 N–H and O–H groups in total. The van der Waals surface area contributed by atoms with E-state index in [-0.39, 0.29) is 25.2 Å². The first-order valence-electron chi connectivity index (χ1n) is 11.0. The van der Waals surface area contributed by atoms with Crippen molar-refractivity contribution in [1.82, 2.24) is 15.1 Å². The molecule has 8 nitrogen and oxygen atoms in total. The third kappa shape index (κ3) is 5.87. The molecule has 176 valence electrons. The Balaban J connectivity index is 1.84. The van der Waals surface area contributed by atoms with Crippen LogP contribution in [0, 0.1) is 5.82 Å². The van der Waals surface area contributed by atoms with Crippen molar-refractivity contribution in [3.05, 3.63) is 65.5 Å². The molecule has 0 spiro atoms. The van der Waals surface area contributed by atoms with Gasteiger partial charge in [-0.3, -0.25) is 14.5 Å². The second kappa shape index (κ2) is 10.9. The van der Waals surface area contributed by atoms with Crippen LogP contribution in [0.3, 0.4) is 0 Å². The molecule has 4 amide bonds. The fourth-order valence-electron chi connectivity index (χ4n) is 3.72. The number of nitrogens with one attached hydrogen (secondary N) is 2. The van der Waals surface area contributed by atoms with Crippen LogP contribution in [0.15, 0.2) is 48.5 Å². The molecule has 1 aliphatic heterocycles. The maximum Gasteiger partial charge on any atom is 0.323 e. The number of carbonyl (C=O) groups excluding carboxylic acids is 3. The summed E-state index contributed by atoms with van der Waals surface area (Å²) in [5.74, 6) is -1.06. The summed E-state index contributed by atoms with van der Waals surface area (Å²) in [5.41, 5.74) is 7.48. The van der Waals surface area contributed by atoms with Crippen LogP contribution >= 0.6 is 0 Å². The van der Waals surface area contributed by atoms with Crippen LogP contribution in [0.5, 0.6) is 0 Å². The molecule has 0 aromatic heterocycles. The summed E-state index contributed by atoms with van der Waals surface area (Å²) in [6.07, 6.45) is -0.661. The lowest BCUT2D eigenvalue weighted by atomic mass is 10.0. The lowest BCUT2D eigenvalue weighted by molar-refractivity contribution is -0.132. The molecular formula is C24H30FN5O3. The zero-order chi connectivity index (χ0) is 24.0. The van der Waals surface area contributed by atoms with Gasteiger partial charge >= 0.3 is 6.03 Å². The minimum Gasteiger partial charge on any atom is -0.351 e. The van der Waals surface area contributed by atoms with Crippen molar-refractivity contribution < 1.29 is 18.8 Å². The van der Waals surface area contributed by atoms with E-state index < -0.39 is 29.8 Å². The molecule has 33 heavy (non-hydrogen) atoms. The highest BCUT2D eigenvalue weighted by molar-refractivity contribution is 6.00. The number of amides is 4. The first-order chi connectivity index (χ1) is 15.8. The van der Waals surface area contributed by atoms with Gasteiger partial charge in [-0.2, -0.15) is 0 Å². The summed E-state index contributed by atoms with van der Waals surface area (Å²) in [7, 11) is 0. The maximum atomic E-state index is 13.3. The Morgan fingerprint density at radius 1 is 1.03 bits per heavy atom. The molecule has 2 aromatic rings. The van der Waals surface area contributed by atoms with E-state index in [2.05, 4.69) is 24.5 Å². The van der Waals surface area contributed by atoms with Crippen LogP contribution in [0.4, 0.5) is 14.9 Å². The van der Waals surface area contributed by atoms with Crippen molar-refractivity contribution in [2.75, 3.05) is 31.5 Å². The maximum absolute atomic E-state index is 13.3. The van der Waals surface area contributed by atoms with Crippen molar-refractivity contribution in [3.8, 4) is 0 Å². The number of halogens is 1. The highest BCUT2D eigenvalue weighted by atomic mass is 19.1. The van der Waals surface area contributed by atoms with Gasteiger partial charge in [0.25, 0.3) is 11.8 Å². The third-order valence-electron chi connectivity index (χ3n) is 5.51. The first-order valence-corrected chi connectivity index (χ1v) is 11.0. The standard InChI is InChI=1S/C24H30FN5O3/c1-16(2)17-6-10-20(11-7-17)28-24(33)30-15-3-14-29(22(30)21(31)27-13-12-26)23(32)18-4-8-19(25)9-5-18/h4-11,16,22H,3,12-15,26H2,1-2H3,(H,27,31)(H,28,33). The molecule has 1 fully saturated rings. The number of hydrogen-bond acceptors (Lipinski definition) is 4. The second-order valence-corrected chi connectivity index (χ2v) is 8.21. The summed E-state index contributed by atoms with van der Waals surface area (Å²) in [4.78, 5) is 42.0. The van der Waals surface area contributed by atoms with Crippen LogP contribution in [0.1, 0.15) is 42.1 Å². The largest absolute Gasteiger partial charge is 0.351 e. The van der Waals surface area contributed by atoms with Gasteiger partial charge in [-0.1, -0.05) is 26.0 Å². The summed E-state index contributed by atoms with van der Waals surface area (Å²) < 4.78 is 13.3. The van der Waals surface area contributed by atoms with Crippen molar-refractivity contribution in [2.45, 2.75) is 32.4 Å². The van der Waals surface area contributed by atoms with E-state index in [4.69, 9.17) is 5.73 Å². The molecule has 0 bridgehead atoms. The Hall–Kier alpha value is -3.46. The highest BCUT2D eigenvalue weighted by Gasteiger charge is 2.40. The second-order valence-electron chi connectivity index (χ2n) is 8.21. The van der Waals surface area contributed by atoms with E-state index in [9.17, 15) is 18.8 Å². The average molecular weight is 456 g/mol.